The molecule has 0 aromatic heterocycles. The minimum Gasteiger partial charge on any atom is -0.467 e. The summed E-state index contributed by atoms with van der Waals surface area (Å²) in [6.45, 7) is 6.23. The van der Waals surface area contributed by atoms with Crippen LogP contribution < -0.4 is 0 Å². The Morgan fingerprint density at radius 1 is 1.40 bits per heavy atom. The van der Waals surface area contributed by atoms with Crippen LogP contribution in [-0.4, -0.2) is 29.9 Å². The second-order valence-electron chi connectivity index (χ2n) is 6.03. The molecule has 0 aliphatic carbocycles. The van der Waals surface area contributed by atoms with Crippen molar-refractivity contribution in [1.82, 2.24) is 4.90 Å². The number of ether oxygens (including phenoxy) is 1. The van der Waals surface area contributed by atoms with Crippen molar-refractivity contribution in [1.29, 1.82) is 0 Å². The molecule has 0 spiro atoms. The minimum absolute atomic E-state index is 0.113. The number of nitrogens with zero attached hydrogens (tertiary/aromatic N) is 1. The molecule has 0 N–H and O–H groups in total. The standard InChI is InChI=1S/C15H18BrNO3/c1-15(2,3)12(14(19)20-4)17-8-9-7-10(16)5-6-11(9)13(17)18/h5-7,12H,8H2,1-4H3. The number of hydrogen-bond donors (Lipinski definition) is 0. The Kier molecular flexibility index (Phi) is 3.91. The first-order valence-corrected chi connectivity index (χ1v) is 7.22. The first-order valence-electron chi connectivity index (χ1n) is 6.43. The summed E-state index contributed by atoms with van der Waals surface area (Å²) in [6, 6.07) is 4.96. The zero-order chi connectivity index (χ0) is 15.1. The highest BCUT2D eigenvalue weighted by Gasteiger charge is 2.43. The number of rotatable bonds is 2. The molecule has 2 rings (SSSR count). The van der Waals surface area contributed by atoms with Gasteiger partial charge >= 0.3 is 5.97 Å². The van der Waals surface area contributed by atoms with Crippen LogP contribution in [0.3, 0.4) is 0 Å². The van der Waals surface area contributed by atoms with Gasteiger partial charge in [0.25, 0.3) is 5.91 Å². The number of amides is 1. The molecule has 0 radical (unpaired) electrons. The highest BCUT2D eigenvalue weighted by molar-refractivity contribution is 9.10. The average Bonchev–Trinajstić information content (AvgIpc) is 2.64. The number of carbonyl (C=O) groups excluding carboxylic acids is 2. The molecule has 1 heterocycles. The van der Waals surface area contributed by atoms with Gasteiger partial charge in [0.15, 0.2) is 0 Å². The molecule has 1 amide bonds. The van der Waals surface area contributed by atoms with Crippen molar-refractivity contribution in [2.75, 3.05) is 7.11 Å². The van der Waals surface area contributed by atoms with E-state index in [9.17, 15) is 9.59 Å². The van der Waals surface area contributed by atoms with Gasteiger partial charge in [-0.25, -0.2) is 4.79 Å². The molecule has 0 saturated heterocycles. The van der Waals surface area contributed by atoms with Gasteiger partial charge in [-0.3, -0.25) is 4.79 Å². The Morgan fingerprint density at radius 2 is 2.05 bits per heavy atom. The van der Waals surface area contributed by atoms with Gasteiger partial charge in [0.1, 0.15) is 6.04 Å². The van der Waals surface area contributed by atoms with E-state index in [1.54, 1.807) is 11.0 Å². The maximum Gasteiger partial charge on any atom is 0.329 e. The quantitative estimate of drug-likeness (QED) is 0.778. The lowest BCUT2D eigenvalue weighted by Gasteiger charge is -2.35. The number of methoxy groups -OCH3 is 1. The van der Waals surface area contributed by atoms with Gasteiger partial charge in [-0.15, -0.1) is 0 Å². The molecule has 1 aliphatic rings. The van der Waals surface area contributed by atoms with Gasteiger partial charge in [0, 0.05) is 16.6 Å². The van der Waals surface area contributed by atoms with Crippen LogP contribution in [-0.2, 0) is 16.1 Å². The van der Waals surface area contributed by atoms with Crippen molar-refractivity contribution in [2.24, 2.45) is 5.41 Å². The van der Waals surface area contributed by atoms with E-state index in [0.29, 0.717) is 12.1 Å². The zero-order valence-corrected chi connectivity index (χ0v) is 13.7. The van der Waals surface area contributed by atoms with Crippen LogP contribution in [0.1, 0.15) is 36.7 Å². The lowest BCUT2D eigenvalue weighted by Crippen LogP contribution is -2.50. The van der Waals surface area contributed by atoms with Crippen LogP contribution in [0.5, 0.6) is 0 Å². The van der Waals surface area contributed by atoms with Gasteiger partial charge in [0.05, 0.1) is 7.11 Å². The molecular weight excluding hydrogens is 322 g/mol. The molecule has 5 heteroatoms. The molecule has 1 unspecified atom stereocenters. The number of benzene rings is 1. The summed E-state index contributed by atoms with van der Waals surface area (Å²) >= 11 is 3.40. The normalized spacial score (nSPS) is 16.1. The SMILES string of the molecule is COC(=O)C(N1Cc2cc(Br)ccc2C1=O)C(C)(C)C. The fraction of sp³-hybridized carbons (Fsp3) is 0.467. The van der Waals surface area contributed by atoms with Crippen molar-refractivity contribution in [3.8, 4) is 0 Å². The minimum atomic E-state index is -0.592. The van der Waals surface area contributed by atoms with Crippen LogP contribution in [0.4, 0.5) is 0 Å². The summed E-state index contributed by atoms with van der Waals surface area (Å²) in [7, 11) is 1.35. The van der Waals surface area contributed by atoms with Crippen molar-refractivity contribution in [3.05, 3.63) is 33.8 Å². The van der Waals surface area contributed by atoms with Crippen molar-refractivity contribution < 1.29 is 14.3 Å². The fourth-order valence-electron chi connectivity index (χ4n) is 2.58. The van der Waals surface area contributed by atoms with Crippen LogP contribution in [0.2, 0.25) is 0 Å². The molecule has 20 heavy (non-hydrogen) atoms. The number of carbonyl (C=O) groups is 2. The molecule has 4 nitrogen and oxygen atoms in total. The molecule has 108 valence electrons. The smallest absolute Gasteiger partial charge is 0.329 e. The molecule has 1 aromatic carbocycles. The first kappa shape index (κ1) is 15.0. The number of fused-ring (bicyclic) bond motifs is 1. The molecular formula is C15H18BrNO3. The third-order valence-corrected chi connectivity index (χ3v) is 3.95. The Morgan fingerprint density at radius 3 is 2.60 bits per heavy atom. The van der Waals surface area contributed by atoms with Crippen LogP contribution in [0, 0.1) is 5.41 Å². The summed E-state index contributed by atoms with van der Waals surface area (Å²) < 4.78 is 5.81. The molecule has 0 saturated carbocycles. The van der Waals surface area contributed by atoms with Crippen LogP contribution >= 0.6 is 15.9 Å². The van der Waals surface area contributed by atoms with Crippen molar-refractivity contribution in [2.45, 2.75) is 33.4 Å². The summed E-state index contributed by atoms with van der Waals surface area (Å²) in [6.07, 6.45) is 0. The maximum absolute atomic E-state index is 12.5. The lowest BCUT2D eigenvalue weighted by molar-refractivity contribution is -0.150. The summed E-state index contributed by atoms with van der Waals surface area (Å²) in [5.74, 6) is -0.490. The van der Waals surface area contributed by atoms with Crippen molar-refractivity contribution >= 4 is 27.8 Å². The third kappa shape index (κ3) is 2.59. The van der Waals surface area contributed by atoms with E-state index in [4.69, 9.17) is 4.74 Å². The van der Waals surface area contributed by atoms with E-state index in [2.05, 4.69) is 15.9 Å². The van der Waals surface area contributed by atoms with Gasteiger partial charge in [-0.2, -0.15) is 0 Å². The number of halogens is 1. The highest BCUT2D eigenvalue weighted by Crippen LogP contribution is 2.33. The second-order valence-corrected chi connectivity index (χ2v) is 6.94. The predicted octanol–water partition coefficient (Wildman–Crippen LogP) is 2.99. The van der Waals surface area contributed by atoms with Gasteiger partial charge in [-0.1, -0.05) is 36.7 Å². The third-order valence-electron chi connectivity index (χ3n) is 3.46. The highest BCUT2D eigenvalue weighted by atomic mass is 79.9. The average molecular weight is 340 g/mol. The van der Waals surface area contributed by atoms with E-state index in [0.717, 1.165) is 10.0 Å². The Labute approximate surface area is 127 Å². The van der Waals surface area contributed by atoms with E-state index in [1.165, 1.54) is 7.11 Å². The Balaban J connectivity index is 2.39. The van der Waals surface area contributed by atoms with E-state index in [1.807, 2.05) is 32.9 Å². The van der Waals surface area contributed by atoms with E-state index in [-0.39, 0.29) is 17.3 Å². The lowest BCUT2D eigenvalue weighted by atomic mass is 9.85. The maximum atomic E-state index is 12.5. The zero-order valence-electron chi connectivity index (χ0n) is 12.1. The molecule has 0 bridgehead atoms. The predicted molar refractivity (Wildman–Crippen MR) is 79.3 cm³/mol. The van der Waals surface area contributed by atoms with E-state index < -0.39 is 6.04 Å². The molecule has 1 atom stereocenters. The Bertz CT molecular complexity index is 563. The number of esters is 1. The summed E-state index contributed by atoms with van der Waals surface area (Å²) in [5, 5.41) is 0. The van der Waals surface area contributed by atoms with Gasteiger partial charge < -0.3 is 9.64 Å². The molecule has 1 aliphatic heterocycles. The summed E-state index contributed by atoms with van der Waals surface area (Å²) in [4.78, 5) is 26.2. The van der Waals surface area contributed by atoms with Crippen molar-refractivity contribution in [3.63, 3.8) is 0 Å². The van der Waals surface area contributed by atoms with Crippen LogP contribution in [0.15, 0.2) is 22.7 Å². The molecule has 0 fully saturated rings. The van der Waals surface area contributed by atoms with Gasteiger partial charge in [-0.05, 0) is 29.2 Å². The second kappa shape index (κ2) is 5.20. The number of hydrogen-bond acceptors (Lipinski definition) is 3. The van der Waals surface area contributed by atoms with Crippen LogP contribution in [0.25, 0.3) is 0 Å². The molecule has 1 aromatic rings. The topological polar surface area (TPSA) is 46.6 Å². The first-order chi connectivity index (χ1) is 9.25. The summed E-state index contributed by atoms with van der Waals surface area (Å²) in [5.41, 5.74) is 1.20. The Hall–Kier alpha value is -1.36. The fourth-order valence-corrected chi connectivity index (χ4v) is 2.99. The van der Waals surface area contributed by atoms with Gasteiger partial charge in [0.2, 0.25) is 0 Å². The monoisotopic (exact) mass is 339 g/mol. The largest absolute Gasteiger partial charge is 0.467 e. The van der Waals surface area contributed by atoms with E-state index >= 15 is 0 Å².